The molecule has 106 valence electrons. The minimum Gasteiger partial charge on any atom is -0.368 e. The molecular weight excluding hydrogens is 262 g/mol. The average Bonchev–Trinajstić information content (AvgIpc) is 2.36. The van der Waals surface area contributed by atoms with Crippen molar-refractivity contribution in [1.82, 2.24) is 19.8 Å². The zero-order valence-electron chi connectivity index (χ0n) is 11.9. The Balaban J connectivity index is 1.84. The van der Waals surface area contributed by atoms with Crippen LogP contribution in [-0.2, 0) is 0 Å². The van der Waals surface area contributed by atoms with Crippen LogP contribution in [-0.4, -0.2) is 65.6 Å². The van der Waals surface area contributed by atoms with Crippen LogP contribution >= 0.6 is 11.6 Å². The molecule has 1 N–H and O–H groups in total. The first kappa shape index (κ1) is 14.5. The summed E-state index contributed by atoms with van der Waals surface area (Å²) in [5.41, 5.74) is 0. The van der Waals surface area contributed by atoms with Gasteiger partial charge in [-0.25, -0.2) is 9.97 Å². The largest absolute Gasteiger partial charge is 0.368 e. The number of nitrogens with one attached hydrogen (secondary N) is 1. The lowest BCUT2D eigenvalue weighted by Crippen LogP contribution is -2.49. The molecule has 0 bridgehead atoms. The first-order valence-corrected chi connectivity index (χ1v) is 7.10. The highest BCUT2D eigenvalue weighted by Crippen LogP contribution is 2.12. The van der Waals surface area contributed by atoms with Crippen LogP contribution in [0.4, 0.5) is 5.82 Å². The van der Waals surface area contributed by atoms with Gasteiger partial charge in [0.05, 0.1) is 0 Å². The van der Waals surface area contributed by atoms with Crippen molar-refractivity contribution in [3.05, 3.63) is 17.0 Å². The monoisotopic (exact) mass is 283 g/mol. The van der Waals surface area contributed by atoms with Gasteiger partial charge in [0.1, 0.15) is 16.8 Å². The topological polar surface area (TPSA) is 44.3 Å². The molecule has 19 heavy (non-hydrogen) atoms. The van der Waals surface area contributed by atoms with E-state index in [2.05, 4.69) is 39.1 Å². The lowest BCUT2D eigenvalue weighted by molar-refractivity contribution is 0.123. The predicted octanol–water partition coefficient (Wildman–Crippen LogP) is 1.49. The summed E-state index contributed by atoms with van der Waals surface area (Å²) in [4.78, 5) is 13.3. The molecule has 1 aromatic rings. The fourth-order valence-electron chi connectivity index (χ4n) is 2.27. The first-order valence-electron chi connectivity index (χ1n) is 6.72. The molecule has 2 heterocycles. The molecule has 1 unspecified atom stereocenters. The summed E-state index contributed by atoms with van der Waals surface area (Å²) in [7, 11) is 2.17. The smallest absolute Gasteiger partial charge is 0.134 e. The third-order valence-electron chi connectivity index (χ3n) is 3.55. The second kappa shape index (κ2) is 6.50. The summed E-state index contributed by atoms with van der Waals surface area (Å²) in [6, 6.07) is 2.26. The number of piperazine rings is 1. The number of hydrogen-bond donors (Lipinski definition) is 1. The number of likely N-dealkylation sites (N-methyl/N-ethyl adjacent to an activating group) is 1. The normalized spacial score (nSPS) is 19.4. The van der Waals surface area contributed by atoms with Gasteiger partial charge in [-0.15, -0.1) is 0 Å². The number of aromatic nitrogens is 2. The third-order valence-corrected chi connectivity index (χ3v) is 3.74. The number of rotatable bonds is 4. The maximum Gasteiger partial charge on any atom is 0.134 e. The fourth-order valence-corrected chi connectivity index (χ4v) is 2.49. The molecule has 0 aliphatic carbocycles. The zero-order chi connectivity index (χ0) is 13.8. The van der Waals surface area contributed by atoms with E-state index in [-0.39, 0.29) is 0 Å². The minimum absolute atomic E-state index is 0.488. The summed E-state index contributed by atoms with van der Waals surface area (Å²) >= 11 is 5.92. The Morgan fingerprint density at radius 1 is 1.32 bits per heavy atom. The van der Waals surface area contributed by atoms with Gasteiger partial charge in [0.2, 0.25) is 0 Å². The van der Waals surface area contributed by atoms with Crippen LogP contribution in [0.25, 0.3) is 0 Å². The van der Waals surface area contributed by atoms with Crippen LogP contribution in [0.15, 0.2) is 6.07 Å². The molecule has 0 aromatic carbocycles. The van der Waals surface area contributed by atoms with Crippen LogP contribution in [0, 0.1) is 6.92 Å². The standard InChI is InChI=1S/C13H22ClN5/c1-10(19-6-4-18(3)5-7-19)9-15-13-8-12(14)16-11(2)17-13/h8,10H,4-7,9H2,1-3H3,(H,15,16,17). The van der Waals surface area contributed by atoms with Crippen molar-refractivity contribution >= 4 is 17.4 Å². The fraction of sp³-hybridized carbons (Fsp3) is 0.692. The maximum atomic E-state index is 5.92. The van der Waals surface area contributed by atoms with Crippen molar-refractivity contribution in [1.29, 1.82) is 0 Å². The van der Waals surface area contributed by atoms with Gasteiger partial charge in [-0.3, -0.25) is 4.90 Å². The molecule has 6 heteroatoms. The van der Waals surface area contributed by atoms with Gasteiger partial charge in [-0.05, 0) is 20.9 Å². The van der Waals surface area contributed by atoms with Gasteiger partial charge in [-0.2, -0.15) is 0 Å². The maximum absolute atomic E-state index is 5.92. The highest BCUT2D eigenvalue weighted by Gasteiger charge is 2.18. The molecule has 1 atom stereocenters. The van der Waals surface area contributed by atoms with Gasteiger partial charge in [0.25, 0.3) is 0 Å². The molecule has 5 nitrogen and oxygen atoms in total. The van der Waals surface area contributed by atoms with Crippen molar-refractivity contribution in [3.8, 4) is 0 Å². The van der Waals surface area contributed by atoms with Gasteiger partial charge >= 0.3 is 0 Å². The van der Waals surface area contributed by atoms with Crippen LogP contribution < -0.4 is 5.32 Å². The number of halogens is 1. The molecule has 0 amide bonds. The molecule has 0 spiro atoms. The van der Waals surface area contributed by atoms with Gasteiger partial charge in [-0.1, -0.05) is 11.6 Å². The molecule has 1 aromatic heterocycles. The highest BCUT2D eigenvalue weighted by molar-refractivity contribution is 6.29. The van der Waals surface area contributed by atoms with Crippen molar-refractivity contribution in [2.24, 2.45) is 0 Å². The Hall–Kier alpha value is -0.910. The van der Waals surface area contributed by atoms with Crippen molar-refractivity contribution in [2.45, 2.75) is 19.9 Å². The van der Waals surface area contributed by atoms with E-state index in [1.807, 2.05) is 6.92 Å². The second-order valence-electron chi connectivity index (χ2n) is 5.19. The lowest BCUT2D eigenvalue weighted by Gasteiger charge is -2.36. The molecule has 1 saturated heterocycles. The van der Waals surface area contributed by atoms with Crippen molar-refractivity contribution in [2.75, 3.05) is 45.1 Å². The Bertz CT molecular complexity index is 397. The first-order chi connectivity index (χ1) is 9.04. The van der Waals surface area contributed by atoms with E-state index in [1.54, 1.807) is 6.07 Å². The van der Waals surface area contributed by atoms with Crippen LogP contribution in [0.5, 0.6) is 0 Å². The van der Waals surface area contributed by atoms with E-state index in [0.29, 0.717) is 17.0 Å². The van der Waals surface area contributed by atoms with Crippen LogP contribution in [0.1, 0.15) is 12.7 Å². The Kier molecular flexibility index (Phi) is 4.96. The van der Waals surface area contributed by atoms with E-state index in [4.69, 9.17) is 11.6 Å². The van der Waals surface area contributed by atoms with Crippen LogP contribution in [0.3, 0.4) is 0 Å². The molecule has 0 radical (unpaired) electrons. The highest BCUT2D eigenvalue weighted by atomic mass is 35.5. The van der Waals surface area contributed by atoms with E-state index < -0.39 is 0 Å². The zero-order valence-corrected chi connectivity index (χ0v) is 12.6. The minimum atomic E-state index is 0.488. The SMILES string of the molecule is Cc1nc(Cl)cc(NCC(C)N2CCN(C)CC2)n1. The Morgan fingerprint density at radius 3 is 2.63 bits per heavy atom. The van der Waals surface area contributed by atoms with Crippen LogP contribution in [0.2, 0.25) is 5.15 Å². The second-order valence-corrected chi connectivity index (χ2v) is 5.58. The van der Waals surface area contributed by atoms with Gasteiger partial charge in [0.15, 0.2) is 0 Å². The molecule has 1 aliphatic heterocycles. The number of aryl methyl sites for hydroxylation is 1. The Morgan fingerprint density at radius 2 is 2.00 bits per heavy atom. The molecular formula is C13H22ClN5. The number of hydrogen-bond acceptors (Lipinski definition) is 5. The summed E-state index contributed by atoms with van der Waals surface area (Å²) in [5.74, 6) is 1.50. The predicted molar refractivity (Wildman–Crippen MR) is 78.8 cm³/mol. The molecule has 2 rings (SSSR count). The van der Waals surface area contributed by atoms with E-state index in [9.17, 15) is 0 Å². The Labute approximate surface area is 120 Å². The summed E-state index contributed by atoms with van der Waals surface area (Å²) in [5, 5.41) is 3.83. The lowest BCUT2D eigenvalue weighted by atomic mass is 10.2. The third kappa shape index (κ3) is 4.30. The van der Waals surface area contributed by atoms with E-state index in [1.165, 1.54) is 0 Å². The summed E-state index contributed by atoms with van der Waals surface area (Å²) < 4.78 is 0. The molecule has 0 saturated carbocycles. The quantitative estimate of drug-likeness (QED) is 0.848. The van der Waals surface area contributed by atoms with Gasteiger partial charge < -0.3 is 10.2 Å². The van der Waals surface area contributed by atoms with Crippen molar-refractivity contribution in [3.63, 3.8) is 0 Å². The summed E-state index contributed by atoms with van der Waals surface area (Å²) in [6.45, 7) is 9.50. The summed E-state index contributed by atoms with van der Waals surface area (Å²) in [6.07, 6.45) is 0. The van der Waals surface area contributed by atoms with Crippen molar-refractivity contribution < 1.29 is 0 Å². The molecule has 1 fully saturated rings. The molecule has 1 aliphatic rings. The van der Waals surface area contributed by atoms with Gasteiger partial charge in [0, 0.05) is 44.8 Å². The van der Waals surface area contributed by atoms with E-state index >= 15 is 0 Å². The van der Waals surface area contributed by atoms with E-state index in [0.717, 1.165) is 38.5 Å². The number of nitrogens with zero attached hydrogens (tertiary/aromatic N) is 4. The number of anilines is 1. The average molecular weight is 284 g/mol.